The Kier molecular flexibility index (Phi) is 6.52. The molecule has 0 aliphatic carbocycles. The van der Waals surface area contributed by atoms with Crippen LogP contribution in [0.2, 0.25) is 0 Å². The molecule has 0 saturated carbocycles. The van der Waals surface area contributed by atoms with E-state index in [1.807, 2.05) is 66.7 Å². The van der Waals surface area contributed by atoms with Crippen molar-refractivity contribution in [3.63, 3.8) is 0 Å². The van der Waals surface area contributed by atoms with Gasteiger partial charge in [-0.3, -0.25) is 0 Å². The van der Waals surface area contributed by atoms with Crippen molar-refractivity contribution in [1.82, 2.24) is 0 Å². The van der Waals surface area contributed by atoms with Crippen molar-refractivity contribution in [2.24, 2.45) is 0 Å². The summed E-state index contributed by atoms with van der Waals surface area (Å²) in [6.07, 6.45) is 1.98. The quantitative estimate of drug-likeness (QED) is 0.225. The second-order valence-electron chi connectivity index (χ2n) is 9.43. The van der Waals surface area contributed by atoms with E-state index in [2.05, 4.69) is 90.7 Å². The largest absolute Gasteiger partial charge is 0.456 e. The van der Waals surface area contributed by atoms with E-state index in [0.29, 0.717) is 11.3 Å². The molecule has 0 spiro atoms. The van der Waals surface area contributed by atoms with Crippen LogP contribution in [0.4, 0.5) is 17.1 Å². The first-order chi connectivity index (χ1) is 19.2. The molecule has 39 heavy (non-hydrogen) atoms. The Morgan fingerprint density at radius 1 is 0.641 bits per heavy atom. The van der Waals surface area contributed by atoms with Crippen LogP contribution in [0.15, 0.2) is 140 Å². The molecule has 0 fully saturated rings. The molecule has 0 unspecified atom stereocenters. The molecular weight excluding hydrogens is 476 g/mol. The van der Waals surface area contributed by atoms with Crippen LogP contribution in [0.1, 0.15) is 22.3 Å². The zero-order chi connectivity index (χ0) is 26.6. The summed E-state index contributed by atoms with van der Waals surface area (Å²) >= 11 is 0. The van der Waals surface area contributed by atoms with Crippen molar-refractivity contribution in [2.45, 2.75) is 6.92 Å². The molecule has 1 aliphatic heterocycles. The van der Waals surface area contributed by atoms with Gasteiger partial charge in [-0.05, 0) is 73.2 Å². The molecule has 0 bridgehead atoms. The van der Waals surface area contributed by atoms with Gasteiger partial charge in [-0.2, -0.15) is 5.26 Å². The van der Waals surface area contributed by atoms with Crippen LogP contribution < -0.4 is 9.64 Å². The molecule has 0 saturated heterocycles. The van der Waals surface area contributed by atoms with Crippen LogP contribution in [-0.4, -0.2) is 0 Å². The highest BCUT2D eigenvalue weighted by Crippen LogP contribution is 2.41. The summed E-state index contributed by atoms with van der Waals surface area (Å²) in [5.41, 5.74) is 8.65. The third-order valence-electron chi connectivity index (χ3n) is 6.83. The Labute approximate surface area is 229 Å². The van der Waals surface area contributed by atoms with Crippen LogP contribution in [0.25, 0.3) is 16.9 Å². The Balaban J connectivity index is 1.43. The van der Waals surface area contributed by atoms with Gasteiger partial charge in [-0.1, -0.05) is 84.4 Å². The average Bonchev–Trinajstić information content (AvgIpc) is 3.00. The third-order valence-corrected chi connectivity index (χ3v) is 6.83. The van der Waals surface area contributed by atoms with Crippen molar-refractivity contribution in [3.05, 3.63) is 162 Å². The van der Waals surface area contributed by atoms with Crippen molar-refractivity contribution in [3.8, 4) is 11.8 Å². The van der Waals surface area contributed by atoms with Gasteiger partial charge in [0.1, 0.15) is 17.6 Å². The maximum atomic E-state index is 10.2. The summed E-state index contributed by atoms with van der Waals surface area (Å²) < 4.78 is 6.37. The lowest BCUT2D eigenvalue weighted by atomic mass is 9.92. The van der Waals surface area contributed by atoms with Crippen LogP contribution in [0, 0.1) is 18.3 Å². The zero-order valence-electron chi connectivity index (χ0n) is 21.6. The lowest BCUT2D eigenvalue weighted by molar-refractivity contribution is 0.509. The number of benzene rings is 5. The first-order valence-electron chi connectivity index (χ1n) is 12.9. The van der Waals surface area contributed by atoms with E-state index in [-0.39, 0.29) is 0 Å². The molecule has 6 rings (SSSR count). The van der Waals surface area contributed by atoms with Crippen molar-refractivity contribution >= 4 is 34.0 Å². The van der Waals surface area contributed by atoms with Gasteiger partial charge in [-0.15, -0.1) is 0 Å². The van der Waals surface area contributed by atoms with Crippen LogP contribution in [-0.2, 0) is 0 Å². The Hall–Kier alpha value is -5.33. The number of rotatable bonds is 5. The molecule has 5 aromatic carbocycles. The SMILES string of the molecule is Cc1ccc(N(c2ccccc2)c2ccc(C3=C/C(=C(/C#N)c4ccccc4)c4ccccc4O3)cc2)cc1. The van der Waals surface area contributed by atoms with E-state index in [4.69, 9.17) is 4.74 Å². The maximum absolute atomic E-state index is 10.2. The fraction of sp³-hybridized carbons (Fsp3) is 0.0278. The van der Waals surface area contributed by atoms with E-state index in [1.165, 1.54) is 5.56 Å². The molecule has 3 nitrogen and oxygen atoms in total. The average molecular weight is 503 g/mol. The van der Waals surface area contributed by atoms with Gasteiger partial charge in [0, 0.05) is 33.8 Å². The molecular formula is C36H26N2O. The first-order valence-corrected chi connectivity index (χ1v) is 12.9. The predicted molar refractivity (Wildman–Crippen MR) is 160 cm³/mol. The van der Waals surface area contributed by atoms with Crippen molar-refractivity contribution < 1.29 is 4.74 Å². The number of aryl methyl sites for hydroxylation is 1. The van der Waals surface area contributed by atoms with E-state index < -0.39 is 0 Å². The monoisotopic (exact) mass is 502 g/mol. The topological polar surface area (TPSA) is 36.3 Å². The number of hydrogen-bond donors (Lipinski definition) is 0. The predicted octanol–water partition coefficient (Wildman–Crippen LogP) is 9.33. The number of allylic oxidation sites excluding steroid dienone is 3. The smallest absolute Gasteiger partial charge is 0.135 e. The number of ether oxygens (including phenoxy) is 1. The Morgan fingerprint density at radius 2 is 1.21 bits per heavy atom. The summed E-state index contributed by atoms with van der Waals surface area (Å²) in [7, 11) is 0. The minimum Gasteiger partial charge on any atom is -0.456 e. The lowest BCUT2D eigenvalue weighted by Crippen LogP contribution is -2.10. The molecule has 186 valence electrons. The number of nitriles is 1. The highest BCUT2D eigenvalue weighted by molar-refractivity contribution is 6.05. The molecule has 3 heteroatoms. The summed E-state index contributed by atoms with van der Waals surface area (Å²) in [4.78, 5) is 2.24. The number of hydrogen-bond acceptors (Lipinski definition) is 3. The standard InChI is InChI=1S/C36H26N2O/c1-26-16-20-30(21-17-26)38(29-12-6-3-7-13-29)31-22-18-28(19-23-31)36-24-33(32-14-8-9-15-35(32)39-36)34(25-37)27-10-4-2-5-11-27/h2-24H,1H3/b34-33+. The van der Waals surface area contributed by atoms with Gasteiger partial charge in [0.05, 0.1) is 5.57 Å². The van der Waals surface area contributed by atoms with Gasteiger partial charge in [0.25, 0.3) is 0 Å². The van der Waals surface area contributed by atoms with Crippen LogP contribution in [0.3, 0.4) is 0 Å². The highest BCUT2D eigenvalue weighted by Gasteiger charge is 2.22. The van der Waals surface area contributed by atoms with Crippen molar-refractivity contribution in [1.29, 1.82) is 5.26 Å². The minimum absolute atomic E-state index is 0.620. The highest BCUT2D eigenvalue weighted by atomic mass is 16.5. The molecule has 5 aromatic rings. The second kappa shape index (κ2) is 10.6. The third kappa shape index (κ3) is 4.84. The van der Waals surface area contributed by atoms with Crippen LogP contribution in [0.5, 0.6) is 5.75 Å². The van der Waals surface area contributed by atoms with Crippen molar-refractivity contribution in [2.75, 3.05) is 4.90 Å². The number of anilines is 3. The fourth-order valence-corrected chi connectivity index (χ4v) is 4.86. The first kappa shape index (κ1) is 24.0. The second-order valence-corrected chi connectivity index (χ2v) is 9.43. The lowest BCUT2D eigenvalue weighted by Gasteiger charge is -2.26. The summed E-state index contributed by atoms with van der Waals surface area (Å²) in [5, 5.41) is 10.2. The molecule has 0 amide bonds. The number of nitrogens with zero attached hydrogens (tertiary/aromatic N) is 2. The van der Waals surface area contributed by atoms with Gasteiger partial charge < -0.3 is 9.64 Å². The van der Waals surface area contributed by atoms with E-state index in [0.717, 1.165) is 45.1 Å². The van der Waals surface area contributed by atoms with Crippen LogP contribution >= 0.6 is 0 Å². The zero-order valence-corrected chi connectivity index (χ0v) is 21.6. The van der Waals surface area contributed by atoms with Gasteiger partial charge in [-0.25, -0.2) is 0 Å². The molecule has 1 aliphatic rings. The maximum Gasteiger partial charge on any atom is 0.135 e. The number of fused-ring (bicyclic) bond motifs is 1. The van der Waals surface area contributed by atoms with E-state index in [1.54, 1.807) is 0 Å². The fourth-order valence-electron chi connectivity index (χ4n) is 4.86. The van der Waals surface area contributed by atoms with Gasteiger partial charge >= 0.3 is 0 Å². The minimum atomic E-state index is 0.620. The molecule has 0 atom stereocenters. The summed E-state index contributed by atoms with van der Waals surface area (Å²) in [6.45, 7) is 2.10. The molecule has 1 heterocycles. The Morgan fingerprint density at radius 3 is 1.87 bits per heavy atom. The summed E-state index contributed by atoms with van der Waals surface area (Å²) in [6, 6.07) is 47.4. The van der Waals surface area contributed by atoms with E-state index in [9.17, 15) is 5.26 Å². The van der Waals surface area contributed by atoms with Gasteiger partial charge in [0.15, 0.2) is 0 Å². The molecule has 0 radical (unpaired) electrons. The number of para-hydroxylation sites is 2. The normalized spacial score (nSPS) is 13.4. The Bertz CT molecular complexity index is 1710. The molecule has 0 aromatic heterocycles. The van der Waals surface area contributed by atoms with Gasteiger partial charge in [0.2, 0.25) is 0 Å². The van der Waals surface area contributed by atoms with E-state index >= 15 is 0 Å². The summed E-state index contributed by atoms with van der Waals surface area (Å²) in [5.74, 6) is 1.45. The molecule has 0 N–H and O–H groups in total.